The van der Waals surface area contributed by atoms with Crippen LogP contribution in [0.2, 0.25) is 0 Å². The molecule has 1 atom stereocenters. The van der Waals surface area contributed by atoms with Crippen molar-refractivity contribution in [3.63, 3.8) is 0 Å². The van der Waals surface area contributed by atoms with E-state index in [0.29, 0.717) is 5.56 Å². The van der Waals surface area contributed by atoms with E-state index in [-0.39, 0.29) is 11.9 Å². The summed E-state index contributed by atoms with van der Waals surface area (Å²) in [7, 11) is 1.45. The molecule has 1 fully saturated rings. The van der Waals surface area contributed by atoms with Crippen molar-refractivity contribution in [3.8, 4) is 6.07 Å². The third-order valence-corrected chi connectivity index (χ3v) is 3.53. The summed E-state index contributed by atoms with van der Waals surface area (Å²) in [6, 6.07) is 9.72. The second-order valence-corrected chi connectivity index (χ2v) is 4.91. The van der Waals surface area contributed by atoms with Crippen molar-refractivity contribution in [3.05, 3.63) is 35.4 Å². The van der Waals surface area contributed by atoms with Crippen molar-refractivity contribution in [1.82, 2.24) is 4.90 Å². The third-order valence-electron chi connectivity index (χ3n) is 3.53. The van der Waals surface area contributed by atoms with Gasteiger partial charge in [-0.2, -0.15) is 5.26 Å². The molecule has 4 nitrogen and oxygen atoms in total. The molecule has 0 saturated carbocycles. The monoisotopic (exact) mass is 258 g/mol. The molecular weight excluding hydrogens is 240 g/mol. The average molecular weight is 258 g/mol. The number of carbonyl (C=O) groups excluding carboxylic acids is 1. The van der Waals surface area contributed by atoms with Gasteiger partial charge in [0.15, 0.2) is 0 Å². The zero-order valence-corrected chi connectivity index (χ0v) is 11.1. The SMILES string of the molecule is COC(=O)C1CCCN(Cc2ccc(C#N)cc2)C1. The fraction of sp³-hybridized carbons (Fsp3) is 0.467. The van der Waals surface area contributed by atoms with Crippen molar-refractivity contribution < 1.29 is 9.53 Å². The lowest BCUT2D eigenvalue weighted by Gasteiger charge is -2.31. The van der Waals surface area contributed by atoms with Crippen molar-refractivity contribution >= 4 is 5.97 Å². The van der Waals surface area contributed by atoms with Crippen LogP contribution in [0.25, 0.3) is 0 Å². The van der Waals surface area contributed by atoms with Crippen molar-refractivity contribution in [2.45, 2.75) is 19.4 Å². The Morgan fingerprint density at radius 3 is 2.84 bits per heavy atom. The number of likely N-dealkylation sites (tertiary alicyclic amines) is 1. The summed E-state index contributed by atoms with van der Waals surface area (Å²) in [5, 5.41) is 8.76. The highest BCUT2D eigenvalue weighted by molar-refractivity contribution is 5.72. The number of hydrogen-bond acceptors (Lipinski definition) is 4. The molecule has 1 aliphatic heterocycles. The number of methoxy groups -OCH3 is 1. The van der Waals surface area contributed by atoms with Crippen LogP contribution in [-0.2, 0) is 16.1 Å². The third kappa shape index (κ3) is 3.55. The van der Waals surface area contributed by atoms with Gasteiger partial charge in [-0.1, -0.05) is 12.1 Å². The van der Waals surface area contributed by atoms with Gasteiger partial charge in [-0.15, -0.1) is 0 Å². The van der Waals surface area contributed by atoms with Gasteiger partial charge >= 0.3 is 5.97 Å². The first-order valence-electron chi connectivity index (χ1n) is 6.52. The largest absolute Gasteiger partial charge is 0.469 e. The highest BCUT2D eigenvalue weighted by atomic mass is 16.5. The molecule has 1 aromatic rings. The van der Waals surface area contributed by atoms with Crippen molar-refractivity contribution in [2.24, 2.45) is 5.92 Å². The van der Waals surface area contributed by atoms with Crippen LogP contribution in [0.3, 0.4) is 0 Å². The lowest BCUT2D eigenvalue weighted by molar-refractivity contribution is -0.147. The smallest absolute Gasteiger partial charge is 0.309 e. The van der Waals surface area contributed by atoms with Gasteiger partial charge in [0.05, 0.1) is 24.7 Å². The minimum atomic E-state index is -0.107. The Labute approximate surface area is 113 Å². The van der Waals surface area contributed by atoms with Gasteiger partial charge in [0.25, 0.3) is 0 Å². The Hall–Kier alpha value is -1.86. The molecule has 1 saturated heterocycles. The fourth-order valence-corrected chi connectivity index (χ4v) is 2.50. The zero-order chi connectivity index (χ0) is 13.7. The molecule has 19 heavy (non-hydrogen) atoms. The van der Waals surface area contributed by atoms with Crippen LogP contribution in [0.4, 0.5) is 0 Å². The molecule has 0 amide bonds. The maximum absolute atomic E-state index is 11.6. The molecule has 0 N–H and O–H groups in total. The van der Waals surface area contributed by atoms with Gasteiger partial charge in [0.1, 0.15) is 0 Å². The quantitative estimate of drug-likeness (QED) is 0.777. The number of nitriles is 1. The van der Waals surface area contributed by atoms with Gasteiger partial charge < -0.3 is 4.74 Å². The first-order chi connectivity index (χ1) is 9.22. The maximum Gasteiger partial charge on any atom is 0.309 e. The Kier molecular flexibility index (Phi) is 4.53. The molecule has 1 aromatic carbocycles. The molecule has 2 rings (SSSR count). The van der Waals surface area contributed by atoms with Crippen molar-refractivity contribution in [1.29, 1.82) is 5.26 Å². The van der Waals surface area contributed by atoms with Crippen LogP contribution in [-0.4, -0.2) is 31.1 Å². The number of hydrogen-bond donors (Lipinski definition) is 0. The second-order valence-electron chi connectivity index (χ2n) is 4.91. The molecule has 1 unspecified atom stereocenters. The maximum atomic E-state index is 11.6. The molecule has 0 radical (unpaired) electrons. The molecule has 1 heterocycles. The topological polar surface area (TPSA) is 53.3 Å². The van der Waals surface area contributed by atoms with Gasteiger partial charge in [-0.05, 0) is 37.1 Å². The van der Waals surface area contributed by atoms with E-state index in [2.05, 4.69) is 11.0 Å². The minimum absolute atomic E-state index is 0.00266. The zero-order valence-electron chi connectivity index (χ0n) is 11.1. The number of rotatable bonds is 3. The predicted molar refractivity (Wildman–Crippen MR) is 71.2 cm³/mol. The molecule has 1 aliphatic rings. The van der Waals surface area contributed by atoms with Crippen molar-refractivity contribution in [2.75, 3.05) is 20.2 Å². The average Bonchev–Trinajstić information content (AvgIpc) is 2.47. The molecule has 4 heteroatoms. The Bertz CT molecular complexity index is 476. The number of ether oxygens (including phenoxy) is 1. The highest BCUT2D eigenvalue weighted by Crippen LogP contribution is 2.19. The van der Waals surface area contributed by atoms with Crippen LogP contribution in [0, 0.1) is 17.2 Å². The van der Waals surface area contributed by atoms with Gasteiger partial charge in [-0.3, -0.25) is 9.69 Å². The van der Waals surface area contributed by atoms with Crippen LogP contribution >= 0.6 is 0 Å². The minimum Gasteiger partial charge on any atom is -0.469 e. The second kappa shape index (κ2) is 6.35. The normalized spacial score (nSPS) is 19.7. The number of esters is 1. The molecular formula is C15H18N2O2. The fourth-order valence-electron chi connectivity index (χ4n) is 2.50. The summed E-state index contributed by atoms with van der Waals surface area (Å²) in [6.07, 6.45) is 1.94. The molecule has 100 valence electrons. The van der Waals surface area contributed by atoms with Crippen LogP contribution in [0.5, 0.6) is 0 Å². The number of benzene rings is 1. The van der Waals surface area contributed by atoms with Crippen LogP contribution in [0.1, 0.15) is 24.0 Å². The number of nitrogens with zero attached hydrogens (tertiary/aromatic N) is 2. The van der Waals surface area contributed by atoms with E-state index in [9.17, 15) is 4.79 Å². The highest BCUT2D eigenvalue weighted by Gasteiger charge is 2.26. The summed E-state index contributed by atoms with van der Waals surface area (Å²) in [5.41, 5.74) is 1.85. The Morgan fingerprint density at radius 2 is 2.21 bits per heavy atom. The summed E-state index contributed by atoms with van der Waals surface area (Å²) in [6.45, 7) is 2.58. The predicted octanol–water partition coefficient (Wildman–Crippen LogP) is 1.94. The molecule has 0 aromatic heterocycles. The summed E-state index contributed by atoms with van der Waals surface area (Å²) >= 11 is 0. The van der Waals surface area contributed by atoms with E-state index < -0.39 is 0 Å². The van der Waals surface area contributed by atoms with E-state index in [1.165, 1.54) is 12.7 Å². The van der Waals surface area contributed by atoms with Crippen LogP contribution in [0.15, 0.2) is 24.3 Å². The number of piperidine rings is 1. The Balaban J connectivity index is 1.94. The van der Waals surface area contributed by atoms with E-state index >= 15 is 0 Å². The van der Waals surface area contributed by atoms with E-state index in [1.54, 1.807) is 0 Å². The first kappa shape index (κ1) is 13.6. The summed E-state index contributed by atoms with van der Waals surface area (Å²) < 4.78 is 4.82. The summed E-state index contributed by atoms with van der Waals surface area (Å²) in [5.74, 6) is -0.110. The summed E-state index contributed by atoms with van der Waals surface area (Å²) in [4.78, 5) is 13.8. The van der Waals surface area contributed by atoms with E-state index in [4.69, 9.17) is 10.00 Å². The van der Waals surface area contributed by atoms with E-state index in [0.717, 1.165) is 32.5 Å². The molecule has 0 spiro atoms. The van der Waals surface area contributed by atoms with Crippen LogP contribution < -0.4 is 0 Å². The van der Waals surface area contributed by atoms with Gasteiger partial charge in [0, 0.05) is 13.1 Å². The van der Waals surface area contributed by atoms with E-state index in [1.807, 2.05) is 24.3 Å². The molecule has 0 aliphatic carbocycles. The molecule has 0 bridgehead atoms. The lowest BCUT2D eigenvalue weighted by Crippen LogP contribution is -2.38. The lowest BCUT2D eigenvalue weighted by atomic mass is 9.97. The van der Waals surface area contributed by atoms with Gasteiger partial charge in [-0.25, -0.2) is 0 Å². The Morgan fingerprint density at radius 1 is 1.47 bits per heavy atom. The first-order valence-corrected chi connectivity index (χ1v) is 6.52. The number of carbonyl (C=O) groups is 1. The van der Waals surface area contributed by atoms with Gasteiger partial charge in [0.2, 0.25) is 0 Å². The standard InChI is InChI=1S/C15H18N2O2/c1-19-15(18)14-3-2-8-17(11-14)10-13-6-4-12(9-16)5-7-13/h4-7,14H,2-3,8,10-11H2,1H3.